The van der Waals surface area contributed by atoms with Gasteiger partial charge in [-0.2, -0.15) is 0 Å². The molecule has 1 aliphatic rings. The molecular weight excluding hydrogens is 805 g/mol. The Labute approximate surface area is 358 Å². The molecule has 2 aromatic carbocycles. The molecule has 0 saturated heterocycles. The summed E-state index contributed by atoms with van der Waals surface area (Å²) >= 11 is 0. The Morgan fingerprint density at radius 2 is 1.54 bits per heavy atom. The van der Waals surface area contributed by atoms with Crippen molar-refractivity contribution in [1.82, 2.24) is 36.6 Å². The molecule has 0 saturated carbocycles. The number of ether oxygens (including phenoxy) is 1. The number of allylic oxidation sites excluding steroid dienone is 1. The smallest absolute Gasteiger partial charge is 0.405 e. The molecule has 5 amide bonds. The number of carbonyl (C=O) groups is 5. The van der Waals surface area contributed by atoms with Crippen molar-refractivity contribution < 1.29 is 42.2 Å². The standard InChI is InChI=1S/C43H62N8O9S/c1-10-13-17-23-45-38(54)33(29-19-15-14-16-20-29)49-36(52)31(12-3)47-37(53)32(48-39(55)43(9,22-11-2)50-41(56)57)21-18-24-46-40(44)51-61(58,59)35-27(5)26(4)34-30(28(35)6)25-42(7,8)60-34/h10-11,14-16,19-20,31-33,50H,1-2,12-13,17-18,21-25H2,3-9H3,(H,45,54)(H,47,53)(H,48,55)(H,49,52)(H,56,57)(H3,44,46,51)/t31-,32-,33+,43+/m0/s1. The lowest BCUT2D eigenvalue weighted by atomic mass is 9.94. The number of carboxylic acid groups (broad SMARTS) is 1. The predicted octanol–water partition coefficient (Wildman–Crippen LogP) is 3.83. The van der Waals surface area contributed by atoms with Gasteiger partial charge < -0.3 is 41.7 Å². The molecule has 61 heavy (non-hydrogen) atoms. The molecule has 1 aliphatic heterocycles. The zero-order chi connectivity index (χ0) is 45.7. The first-order chi connectivity index (χ1) is 28.6. The largest absolute Gasteiger partial charge is 0.487 e. The second-order valence-corrected chi connectivity index (χ2v) is 17.5. The maximum absolute atomic E-state index is 13.9. The fraction of sp³-hybridized carbons (Fsp3) is 0.488. The molecular formula is C43H62N8O9S. The average molecular weight is 867 g/mol. The van der Waals surface area contributed by atoms with Crippen LogP contribution >= 0.6 is 0 Å². The van der Waals surface area contributed by atoms with Crippen LogP contribution in [-0.2, 0) is 35.6 Å². The molecule has 0 radical (unpaired) electrons. The number of carbonyl (C=O) groups excluding carboxylic acids is 4. The molecule has 0 bridgehead atoms. The highest BCUT2D eigenvalue weighted by molar-refractivity contribution is 7.90. The van der Waals surface area contributed by atoms with Crippen LogP contribution in [0.5, 0.6) is 5.75 Å². The Kier molecular flexibility index (Phi) is 17.5. The van der Waals surface area contributed by atoms with E-state index in [0.717, 1.165) is 5.56 Å². The normalized spacial score (nSPS) is 15.2. The number of amides is 5. The van der Waals surface area contributed by atoms with Gasteiger partial charge in [-0.05, 0) is 102 Å². The van der Waals surface area contributed by atoms with Crippen LogP contribution in [0.15, 0.2) is 60.5 Å². The number of benzene rings is 2. The van der Waals surface area contributed by atoms with E-state index >= 15 is 0 Å². The second kappa shape index (κ2) is 21.6. The van der Waals surface area contributed by atoms with Crippen molar-refractivity contribution in [3.8, 4) is 5.75 Å². The van der Waals surface area contributed by atoms with Crippen molar-refractivity contribution in [1.29, 1.82) is 5.41 Å². The lowest BCUT2D eigenvalue weighted by Gasteiger charge is -2.30. The third-order valence-electron chi connectivity index (χ3n) is 10.4. The maximum atomic E-state index is 13.9. The molecule has 0 aromatic heterocycles. The minimum atomic E-state index is -4.22. The van der Waals surface area contributed by atoms with E-state index in [1.54, 1.807) is 64.1 Å². The van der Waals surface area contributed by atoms with Crippen LogP contribution in [-0.4, -0.2) is 85.5 Å². The van der Waals surface area contributed by atoms with E-state index in [1.165, 1.54) is 13.0 Å². The third-order valence-corrected chi connectivity index (χ3v) is 12.1. The van der Waals surface area contributed by atoms with Crippen molar-refractivity contribution in [3.05, 3.63) is 83.5 Å². The van der Waals surface area contributed by atoms with E-state index in [1.807, 2.05) is 13.8 Å². The summed E-state index contributed by atoms with van der Waals surface area (Å²) in [4.78, 5) is 66.2. The highest BCUT2D eigenvalue weighted by atomic mass is 32.2. The van der Waals surface area contributed by atoms with Crippen LogP contribution in [0.2, 0.25) is 0 Å². The Morgan fingerprint density at radius 1 is 0.902 bits per heavy atom. The lowest BCUT2D eigenvalue weighted by Crippen LogP contribution is -2.61. The van der Waals surface area contributed by atoms with Crippen LogP contribution in [0.1, 0.15) is 100 Å². The second-order valence-electron chi connectivity index (χ2n) is 15.9. The van der Waals surface area contributed by atoms with Crippen molar-refractivity contribution in [2.45, 2.75) is 128 Å². The number of hydrogen-bond acceptors (Lipinski definition) is 9. The van der Waals surface area contributed by atoms with E-state index in [-0.39, 0.29) is 37.1 Å². The number of rotatable bonds is 22. The van der Waals surface area contributed by atoms with Crippen LogP contribution < -0.4 is 41.4 Å². The van der Waals surface area contributed by atoms with Gasteiger partial charge in [0, 0.05) is 25.1 Å². The minimum Gasteiger partial charge on any atom is -0.487 e. The SMILES string of the molecule is C=CCCCNC(=O)[C@H](NC(=O)[C@H](CC)NC(=O)[C@H](CCCNC(=N)NS(=O)(=O)c1c(C)c(C)c2c(c1C)CC(C)(C)O2)NC(=O)[C@@](C)(CC=C)NC(=O)O)c1ccccc1. The summed E-state index contributed by atoms with van der Waals surface area (Å²) in [6.45, 7) is 19.6. The van der Waals surface area contributed by atoms with E-state index < -0.39 is 75.0 Å². The highest BCUT2D eigenvalue weighted by Crippen LogP contribution is 2.43. The number of hydrogen-bond donors (Lipinski definition) is 9. The predicted molar refractivity (Wildman–Crippen MR) is 233 cm³/mol. The van der Waals surface area contributed by atoms with Gasteiger partial charge in [0.1, 0.15) is 35.0 Å². The first-order valence-electron chi connectivity index (χ1n) is 20.2. The Balaban J connectivity index is 1.78. The van der Waals surface area contributed by atoms with Gasteiger partial charge in [-0.3, -0.25) is 24.6 Å². The van der Waals surface area contributed by atoms with E-state index in [9.17, 15) is 37.5 Å². The molecule has 0 aliphatic carbocycles. The monoisotopic (exact) mass is 866 g/mol. The van der Waals surface area contributed by atoms with Gasteiger partial charge in [-0.25, -0.2) is 17.9 Å². The van der Waals surface area contributed by atoms with Crippen molar-refractivity contribution in [3.63, 3.8) is 0 Å². The van der Waals surface area contributed by atoms with Gasteiger partial charge in [0.15, 0.2) is 0 Å². The van der Waals surface area contributed by atoms with Gasteiger partial charge in [0.05, 0.1) is 4.90 Å². The summed E-state index contributed by atoms with van der Waals surface area (Å²) in [5.74, 6) is -2.60. The van der Waals surface area contributed by atoms with E-state index in [2.05, 4.69) is 49.8 Å². The summed E-state index contributed by atoms with van der Waals surface area (Å²) in [7, 11) is -4.22. The summed E-state index contributed by atoms with van der Waals surface area (Å²) in [6.07, 6.45) is 3.44. The number of fused-ring (bicyclic) bond motifs is 1. The minimum absolute atomic E-state index is 0.0279. The highest BCUT2D eigenvalue weighted by Gasteiger charge is 2.38. The van der Waals surface area contributed by atoms with Gasteiger partial charge in [-0.15, -0.1) is 13.2 Å². The summed E-state index contributed by atoms with van der Waals surface area (Å²) in [6, 6.07) is 5.03. The van der Waals surface area contributed by atoms with Crippen molar-refractivity contribution in [2.24, 2.45) is 0 Å². The molecule has 17 nitrogen and oxygen atoms in total. The molecule has 1 heterocycles. The Hall–Kier alpha value is -5.91. The summed E-state index contributed by atoms with van der Waals surface area (Å²) in [5.41, 5.74) is 0.812. The Bertz CT molecular complexity index is 2090. The molecule has 9 N–H and O–H groups in total. The lowest BCUT2D eigenvalue weighted by molar-refractivity contribution is -0.135. The summed E-state index contributed by atoms with van der Waals surface area (Å²) < 4.78 is 35.7. The molecule has 4 atom stereocenters. The van der Waals surface area contributed by atoms with Gasteiger partial charge in [0.2, 0.25) is 29.6 Å². The molecule has 18 heteroatoms. The van der Waals surface area contributed by atoms with E-state index in [4.69, 9.17) is 10.1 Å². The van der Waals surface area contributed by atoms with Gasteiger partial charge >= 0.3 is 6.09 Å². The Morgan fingerprint density at radius 3 is 2.15 bits per heavy atom. The number of guanidine groups is 1. The number of nitrogens with one attached hydrogen (secondary N) is 8. The fourth-order valence-corrected chi connectivity index (χ4v) is 8.60. The zero-order valence-electron chi connectivity index (χ0n) is 36.2. The van der Waals surface area contributed by atoms with Crippen LogP contribution in [0.4, 0.5) is 4.79 Å². The van der Waals surface area contributed by atoms with Crippen LogP contribution in [0, 0.1) is 26.2 Å². The molecule has 2 aromatic rings. The van der Waals surface area contributed by atoms with Gasteiger partial charge in [0.25, 0.3) is 10.0 Å². The first-order valence-corrected chi connectivity index (χ1v) is 21.7. The first kappa shape index (κ1) is 49.5. The van der Waals surface area contributed by atoms with Crippen molar-refractivity contribution >= 4 is 45.7 Å². The fourth-order valence-electron chi connectivity index (χ4n) is 7.07. The average Bonchev–Trinajstić information content (AvgIpc) is 3.53. The topological polar surface area (TPSA) is 257 Å². The zero-order valence-corrected chi connectivity index (χ0v) is 37.0. The van der Waals surface area contributed by atoms with Crippen molar-refractivity contribution in [2.75, 3.05) is 13.1 Å². The molecule has 0 fully saturated rings. The van der Waals surface area contributed by atoms with Gasteiger partial charge in [-0.1, -0.05) is 49.4 Å². The molecule has 334 valence electrons. The van der Waals surface area contributed by atoms with E-state index in [0.29, 0.717) is 53.8 Å². The quantitative estimate of drug-likeness (QED) is 0.0358. The number of sulfonamides is 1. The maximum Gasteiger partial charge on any atom is 0.405 e. The summed E-state index contributed by atoms with van der Waals surface area (Å²) in [5, 5.41) is 33.6. The third kappa shape index (κ3) is 13.3. The molecule has 3 rings (SSSR count). The van der Waals surface area contributed by atoms with Crippen LogP contribution in [0.25, 0.3) is 0 Å². The molecule has 0 unspecified atom stereocenters. The number of unbranched alkanes of at least 4 members (excludes halogenated alkanes) is 1. The van der Waals surface area contributed by atoms with Crippen LogP contribution in [0.3, 0.4) is 0 Å². The molecule has 0 spiro atoms.